The summed E-state index contributed by atoms with van der Waals surface area (Å²) in [6.07, 6.45) is 6.97. The number of anilines is 1. The monoisotopic (exact) mass is 580 g/mol. The van der Waals surface area contributed by atoms with E-state index in [0.29, 0.717) is 46.7 Å². The van der Waals surface area contributed by atoms with E-state index in [0.717, 1.165) is 44.9 Å². The summed E-state index contributed by atoms with van der Waals surface area (Å²) in [5, 5.41) is 8.46. The summed E-state index contributed by atoms with van der Waals surface area (Å²) >= 11 is 0. The van der Waals surface area contributed by atoms with E-state index in [4.69, 9.17) is 4.42 Å². The fourth-order valence-corrected chi connectivity index (χ4v) is 5.74. The quantitative estimate of drug-likeness (QED) is 0.295. The van der Waals surface area contributed by atoms with Gasteiger partial charge in [0.15, 0.2) is 0 Å². The molecule has 0 saturated carbocycles. The lowest BCUT2D eigenvalue weighted by atomic mass is 10.1. The van der Waals surface area contributed by atoms with Gasteiger partial charge in [0.25, 0.3) is 15.9 Å². The highest BCUT2D eigenvalue weighted by Crippen LogP contribution is 2.27. The second kappa shape index (κ2) is 11.0. The predicted molar refractivity (Wildman–Crippen MR) is 147 cm³/mol. The lowest BCUT2D eigenvalue weighted by Crippen LogP contribution is -2.45. The molecule has 0 aliphatic carbocycles. The van der Waals surface area contributed by atoms with E-state index in [1.807, 2.05) is 6.07 Å². The highest BCUT2D eigenvalue weighted by Gasteiger charge is 2.21. The van der Waals surface area contributed by atoms with Crippen molar-refractivity contribution >= 4 is 21.4 Å². The average molecular weight is 581 g/mol. The number of likely N-dealkylation sites (N-methyl/N-ethyl adjacent to an activating group) is 1. The number of benzene rings is 1. The first kappa shape index (κ1) is 26.9. The molecule has 0 unspecified atom stereocenters. The van der Waals surface area contributed by atoms with Crippen LogP contribution in [0.5, 0.6) is 0 Å². The van der Waals surface area contributed by atoms with Gasteiger partial charge in [-0.3, -0.25) is 14.1 Å². The zero-order valence-corrected chi connectivity index (χ0v) is 22.9. The summed E-state index contributed by atoms with van der Waals surface area (Å²) in [4.78, 5) is 12.6. The Labute approximate surface area is 234 Å². The number of hydrogen-bond donors (Lipinski definition) is 1. The molecular formula is C27H26F2N8O3S. The first-order valence-corrected chi connectivity index (χ1v) is 14.4. The fourth-order valence-electron chi connectivity index (χ4n) is 4.65. The maximum absolute atomic E-state index is 14.1. The lowest BCUT2D eigenvalue weighted by Gasteiger charge is -2.31. The van der Waals surface area contributed by atoms with Crippen LogP contribution in [-0.4, -0.2) is 82.6 Å². The minimum atomic E-state index is -4.32. The van der Waals surface area contributed by atoms with Crippen molar-refractivity contribution in [2.45, 2.75) is 11.3 Å². The molecule has 1 fully saturated rings. The molecule has 212 valence electrons. The molecule has 11 nitrogen and oxygen atoms in total. The van der Waals surface area contributed by atoms with Crippen LogP contribution in [-0.2, 0) is 16.4 Å². The largest absolute Gasteiger partial charge is 0.419 e. The van der Waals surface area contributed by atoms with Gasteiger partial charge in [0.1, 0.15) is 27.9 Å². The van der Waals surface area contributed by atoms with Crippen LogP contribution in [0.2, 0.25) is 0 Å². The third kappa shape index (κ3) is 5.80. The number of hydrogen-bond acceptors (Lipinski definition) is 9. The number of halogens is 2. The van der Waals surface area contributed by atoms with Gasteiger partial charge in [0.2, 0.25) is 5.89 Å². The van der Waals surface area contributed by atoms with Crippen molar-refractivity contribution in [2.24, 2.45) is 0 Å². The molecule has 4 aromatic heterocycles. The molecule has 0 bridgehead atoms. The molecule has 41 heavy (non-hydrogen) atoms. The molecule has 1 aliphatic rings. The van der Waals surface area contributed by atoms with Crippen LogP contribution in [0.15, 0.2) is 70.5 Å². The molecule has 1 aliphatic heterocycles. The van der Waals surface area contributed by atoms with Gasteiger partial charge in [-0.25, -0.2) is 22.2 Å². The molecule has 0 spiro atoms. The highest BCUT2D eigenvalue weighted by atomic mass is 32.2. The zero-order chi connectivity index (χ0) is 28.6. The van der Waals surface area contributed by atoms with Gasteiger partial charge in [0.05, 0.1) is 18.1 Å². The van der Waals surface area contributed by atoms with Crippen molar-refractivity contribution in [2.75, 3.05) is 44.5 Å². The minimum Gasteiger partial charge on any atom is -0.419 e. The topological polar surface area (TPSA) is 122 Å². The molecule has 14 heteroatoms. The number of nitrogens with zero attached hydrogens (tertiary/aromatic N) is 7. The van der Waals surface area contributed by atoms with Crippen LogP contribution >= 0.6 is 0 Å². The summed E-state index contributed by atoms with van der Waals surface area (Å²) in [5.41, 5.74) is 2.66. The normalized spacial score (nSPS) is 15.0. The smallest absolute Gasteiger partial charge is 0.266 e. The van der Waals surface area contributed by atoms with Gasteiger partial charge >= 0.3 is 0 Å². The van der Waals surface area contributed by atoms with Crippen LogP contribution in [0.25, 0.3) is 28.4 Å². The molecule has 5 aromatic rings. The van der Waals surface area contributed by atoms with Crippen molar-refractivity contribution in [3.63, 3.8) is 0 Å². The Morgan fingerprint density at radius 2 is 1.80 bits per heavy atom. The second-order valence-corrected chi connectivity index (χ2v) is 11.5. The van der Waals surface area contributed by atoms with Crippen molar-refractivity contribution in [3.05, 3.63) is 78.7 Å². The van der Waals surface area contributed by atoms with Gasteiger partial charge < -0.3 is 14.2 Å². The third-order valence-electron chi connectivity index (χ3n) is 6.94. The molecular weight excluding hydrogens is 554 g/mol. The fraction of sp³-hybridized carbons (Fsp3) is 0.259. The van der Waals surface area contributed by atoms with Gasteiger partial charge in [-0.15, -0.1) is 10.2 Å². The molecule has 0 atom stereocenters. The highest BCUT2D eigenvalue weighted by molar-refractivity contribution is 7.92. The van der Waals surface area contributed by atoms with Gasteiger partial charge in [0, 0.05) is 68.7 Å². The van der Waals surface area contributed by atoms with Gasteiger partial charge in [-0.2, -0.15) is 0 Å². The van der Waals surface area contributed by atoms with Crippen LogP contribution in [0.1, 0.15) is 5.89 Å². The Kier molecular flexibility index (Phi) is 7.19. The maximum atomic E-state index is 14.1. The predicted octanol–water partition coefficient (Wildman–Crippen LogP) is 3.32. The first-order chi connectivity index (χ1) is 19.7. The standard InChI is InChI=1S/C27H26F2N8O3S/c1-35-8-10-36(11-9-35)7-6-26-32-33-27(40-26)23-16-31-25-5-2-18(17-37(23)25)19-12-21(15-30-14-19)34-41(38,39)24-4-3-20(28)13-22(24)29/h2-5,12-17,34H,6-11H2,1H3. The van der Waals surface area contributed by atoms with Crippen molar-refractivity contribution < 1.29 is 21.6 Å². The number of aromatic nitrogens is 5. The molecule has 0 radical (unpaired) electrons. The third-order valence-corrected chi connectivity index (χ3v) is 8.35. The SMILES string of the molecule is CN1CCN(CCc2nnc(-c3cnc4ccc(-c5cncc(NS(=O)(=O)c6ccc(F)cc6F)c5)cn34)o2)CC1. The summed E-state index contributed by atoms with van der Waals surface area (Å²) < 4.78 is 62.9. The Morgan fingerprint density at radius 3 is 2.61 bits per heavy atom. The Morgan fingerprint density at radius 1 is 0.976 bits per heavy atom. The van der Waals surface area contributed by atoms with E-state index >= 15 is 0 Å². The van der Waals surface area contributed by atoms with E-state index in [1.165, 1.54) is 6.20 Å². The lowest BCUT2D eigenvalue weighted by molar-refractivity contribution is 0.153. The first-order valence-electron chi connectivity index (χ1n) is 12.9. The number of fused-ring (bicyclic) bond motifs is 1. The summed E-state index contributed by atoms with van der Waals surface area (Å²) in [6, 6.07) is 7.44. The summed E-state index contributed by atoms with van der Waals surface area (Å²) in [5.74, 6) is -1.18. The number of rotatable bonds is 8. The van der Waals surface area contributed by atoms with E-state index < -0.39 is 26.6 Å². The molecule has 0 amide bonds. The maximum Gasteiger partial charge on any atom is 0.266 e. The van der Waals surface area contributed by atoms with Crippen LogP contribution in [0.4, 0.5) is 14.5 Å². The van der Waals surface area contributed by atoms with Crippen LogP contribution in [0.3, 0.4) is 0 Å². The Balaban J connectivity index is 1.22. The summed E-state index contributed by atoms with van der Waals surface area (Å²) in [6.45, 7) is 4.93. The Hall–Kier alpha value is -4.27. The number of pyridine rings is 2. The van der Waals surface area contributed by atoms with Gasteiger partial charge in [-0.05, 0) is 37.4 Å². The van der Waals surface area contributed by atoms with Crippen molar-refractivity contribution in [3.8, 4) is 22.7 Å². The van der Waals surface area contributed by atoms with E-state index in [2.05, 4.69) is 41.7 Å². The minimum absolute atomic E-state index is 0.110. The van der Waals surface area contributed by atoms with Crippen LogP contribution in [0, 0.1) is 11.6 Å². The molecule has 6 rings (SSSR count). The molecule has 5 heterocycles. The zero-order valence-electron chi connectivity index (χ0n) is 22.0. The molecule has 1 aromatic carbocycles. The van der Waals surface area contributed by atoms with Gasteiger partial charge in [-0.1, -0.05) is 0 Å². The second-order valence-electron chi connectivity index (χ2n) is 9.83. The van der Waals surface area contributed by atoms with Crippen LogP contribution < -0.4 is 4.72 Å². The summed E-state index contributed by atoms with van der Waals surface area (Å²) in [7, 11) is -2.20. The van der Waals surface area contributed by atoms with E-state index in [9.17, 15) is 17.2 Å². The number of imidazole rings is 1. The molecule has 1 saturated heterocycles. The number of piperazine rings is 1. The average Bonchev–Trinajstić information content (AvgIpc) is 3.59. The Bertz CT molecular complexity index is 1820. The number of sulfonamides is 1. The van der Waals surface area contributed by atoms with Crippen molar-refractivity contribution in [1.82, 2.24) is 34.4 Å². The number of nitrogens with one attached hydrogen (secondary N) is 1. The van der Waals surface area contributed by atoms with E-state index in [-0.39, 0.29) is 5.69 Å². The molecule has 1 N–H and O–H groups in total. The van der Waals surface area contributed by atoms with E-state index in [1.54, 1.807) is 35.1 Å². The van der Waals surface area contributed by atoms with Crippen molar-refractivity contribution in [1.29, 1.82) is 0 Å².